The van der Waals surface area contributed by atoms with Crippen LogP contribution in [-0.2, 0) is 13.6 Å². The van der Waals surface area contributed by atoms with Crippen LogP contribution in [0, 0.1) is 0 Å². The Kier molecular flexibility index (Phi) is 3.40. The molecule has 0 saturated heterocycles. The minimum Gasteiger partial charge on any atom is -0.423 e. The molecule has 0 N–H and O–H groups in total. The van der Waals surface area contributed by atoms with Gasteiger partial charge in [-0.2, -0.15) is 4.98 Å². The molecule has 0 aliphatic rings. The van der Waals surface area contributed by atoms with Crippen molar-refractivity contribution in [3.63, 3.8) is 0 Å². The lowest BCUT2D eigenvalue weighted by Gasteiger charge is -2.05. The Bertz CT molecular complexity index is 1240. The van der Waals surface area contributed by atoms with Gasteiger partial charge in [-0.3, -0.25) is 18.3 Å². The second-order valence-electron chi connectivity index (χ2n) is 5.58. The van der Waals surface area contributed by atoms with E-state index in [-0.39, 0.29) is 23.6 Å². The fourth-order valence-electron chi connectivity index (χ4n) is 2.79. The Morgan fingerprint density at radius 2 is 2.00 bits per heavy atom. The molecule has 0 radical (unpaired) electrons. The van der Waals surface area contributed by atoms with Crippen LogP contribution in [0.1, 0.15) is 0 Å². The number of hydrogen-bond donors (Lipinski definition) is 0. The molecule has 0 saturated carbocycles. The van der Waals surface area contributed by atoms with E-state index in [1.165, 1.54) is 10.6 Å². The molecule has 0 bridgehead atoms. The monoisotopic (exact) mass is 356 g/mol. The molecule has 4 rings (SSSR count). The minimum absolute atomic E-state index is 0.122. The average Bonchev–Trinajstić information content (AvgIpc) is 3.15. The number of allylic oxidation sites excluding steroid dienone is 1. The van der Waals surface area contributed by atoms with E-state index in [4.69, 9.17) is 16.0 Å². The summed E-state index contributed by atoms with van der Waals surface area (Å²) in [6.07, 6.45) is 3.18. The fourth-order valence-corrected chi connectivity index (χ4v) is 2.92. The normalized spacial score (nSPS) is 11.4. The number of oxazole rings is 1. The zero-order valence-corrected chi connectivity index (χ0v) is 14.0. The second-order valence-corrected chi connectivity index (χ2v) is 6.02. The molecule has 0 aliphatic carbocycles. The van der Waals surface area contributed by atoms with E-state index >= 15 is 0 Å². The number of aryl methyl sites for hydroxylation is 1. The highest BCUT2D eigenvalue weighted by Crippen LogP contribution is 2.25. The van der Waals surface area contributed by atoms with E-state index in [9.17, 15) is 9.59 Å². The molecule has 8 heteroatoms. The lowest BCUT2D eigenvalue weighted by atomic mass is 10.2. The molecular formula is C17H13ClN4O3. The third-order valence-electron chi connectivity index (χ3n) is 4.03. The van der Waals surface area contributed by atoms with E-state index < -0.39 is 11.2 Å². The Hall–Kier alpha value is -3.06. The maximum absolute atomic E-state index is 12.7. The molecule has 0 fully saturated rings. The van der Waals surface area contributed by atoms with Crippen LogP contribution in [0.4, 0.5) is 0 Å². The van der Waals surface area contributed by atoms with Crippen molar-refractivity contribution in [1.29, 1.82) is 0 Å². The van der Waals surface area contributed by atoms with Crippen molar-refractivity contribution in [3.05, 3.63) is 69.0 Å². The Balaban J connectivity index is 2.04. The highest BCUT2D eigenvalue weighted by Gasteiger charge is 2.19. The first-order valence-corrected chi connectivity index (χ1v) is 7.87. The fraction of sp³-hybridized carbons (Fsp3) is 0.118. The Labute approximate surface area is 146 Å². The summed E-state index contributed by atoms with van der Waals surface area (Å²) in [5.74, 6) is 0.785. The van der Waals surface area contributed by atoms with Crippen LogP contribution in [0.2, 0.25) is 5.02 Å². The molecule has 3 aromatic heterocycles. The smallest absolute Gasteiger partial charge is 0.332 e. The second kappa shape index (κ2) is 5.49. The molecule has 4 aromatic rings. The summed E-state index contributed by atoms with van der Waals surface area (Å²) in [4.78, 5) is 29.3. The topological polar surface area (TPSA) is 74.4 Å². The zero-order chi connectivity index (χ0) is 17.7. The van der Waals surface area contributed by atoms with Crippen LogP contribution < -0.4 is 11.2 Å². The molecule has 7 nitrogen and oxygen atoms in total. The summed E-state index contributed by atoms with van der Waals surface area (Å²) in [6, 6.07) is 7.13. The van der Waals surface area contributed by atoms with Gasteiger partial charge < -0.3 is 4.42 Å². The van der Waals surface area contributed by atoms with Crippen LogP contribution in [0.5, 0.6) is 0 Å². The van der Waals surface area contributed by atoms with Gasteiger partial charge in [-0.15, -0.1) is 6.58 Å². The van der Waals surface area contributed by atoms with Crippen molar-refractivity contribution in [2.75, 3.05) is 0 Å². The summed E-state index contributed by atoms with van der Waals surface area (Å²) in [5, 5.41) is 0.618. The van der Waals surface area contributed by atoms with E-state index in [1.54, 1.807) is 29.8 Å². The van der Waals surface area contributed by atoms with Crippen molar-refractivity contribution < 1.29 is 4.42 Å². The number of nitrogens with zero attached hydrogens (tertiary/aromatic N) is 4. The number of halogens is 1. The van der Waals surface area contributed by atoms with Gasteiger partial charge in [0.05, 0.1) is 6.20 Å². The summed E-state index contributed by atoms with van der Waals surface area (Å²) >= 11 is 5.90. The van der Waals surface area contributed by atoms with Gasteiger partial charge in [0.1, 0.15) is 0 Å². The quantitative estimate of drug-likeness (QED) is 0.528. The highest BCUT2D eigenvalue weighted by molar-refractivity contribution is 6.30. The molecule has 3 heterocycles. The van der Waals surface area contributed by atoms with Crippen molar-refractivity contribution >= 4 is 28.6 Å². The number of rotatable bonds is 3. The van der Waals surface area contributed by atoms with Crippen LogP contribution >= 0.6 is 11.6 Å². The van der Waals surface area contributed by atoms with Crippen molar-refractivity contribution in [2.24, 2.45) is 7.05 Å². The van der Waals surface area contributed by atoms with Crippen LogP contribution in [0.15, 0.2) is 57.1 Å². The SMILES string of the molecule is C=CCn1c(=O)c2c(nc3oc(-c4ccc(Cl)cc4)cn32)n(C)c1=O. The van der Waals surface area contributed by atoms with Gasteiger partial charge in [-0.25, -0.2) is 4.79 Å². The maximum atomic E-state index is 12.7. The summed E-state index contributed by atoms with van der Waals surface area (Å²) in [5.41, 5.74) is 0.476. The number of benzene rings is 1. The largest absolute Gasteiger partial charge is 0.423 e. The van der Waals surface area contributed by atoms with Crippen molar-refractivity contribution in [2.45, 2.75) is 6.54 Å². The molecular weight excluding hydrogens is 344 g/mol. The lowest BCUT2D eigenvalue weighted by Crippen LogP contribution is -2.39. The maximum Gasteiger partial charge on any atom is 0.332 e. The van der Waals surface area contributed by atoms with Gasteiger partial charge in [-0.1, -0.05) is 17.7 Å². The Morgan fingerprint density at radius 3 is 2.68 bits per heavy atom. The van der Waals surface area contributed by atoms with E-state index in [2.05, 4.69) is 11.6 Å². The van der Waals surface area contributed by atoms with Gasteiger partial charge in [0.25, 0.3) is 5.56 Å². The third kappa shape index (κ3) is 2.24. The first kappa shape index (κ1) is 15.5. The number of aromatic nitrogens is 4. The molecule has 0 aliphatic heterocycles. The van der Waals surface area contributed by atoms with E-state index in [1.807, 2.05) is 12.1 Å². The molecule has 126 valence electrons. The third-order valence-corrected chi connectivity index (χ3v) is 4.28. The zero-order valence-electron chi connectivity index (χ0n) is 13.3. The van der Waals surface area contributed by atoms with Gasteiger partial charge >= 0.3 is 11.5 Å². The molecule has 0 spiro atoms. The molecule has 1 aromatic carbocycles. The minimum atomic E-state index is -0.448. The highest BCUT2D eigenvalue weighted by atomic mass is 35.5. The lowest BCUT2D eigenvalue weighted by molar-refractivity contribution is 0.610. The van der Waals surface area contributed by atoms with Gasteiger partial charge in [-0.05, 0) is 24.3 Å². The number of imidazole rings is 1. The van der Waals surface area contributed by atoms with E-state index in [0.717, 1.165) is 10.1 Å². The standard InChI is InChI=1S/C17H13ClN4O3/c1-3-8-21-15(23)13-14(20(2)17(21)24)19-16-22(13)9-12(25-16)10-4-6-11(18)7-5-10/h3-7,9H,1,8H2,2H3. The number of fused-ring (bicyclic) bond motifs is 3. The summed E-state index contributed by atoms with van der Waals surface area (Å²) in [6.45, 7) is 3.71. The summed E-state index contributed by atoms with van der Waals surface area (Å²) in [7, 11) is 1.57. The molecule has 25 heavy (non-hydrogen) atoms. The molecule has 0 amide bonds. The summed E-state index contributed by atoms with van der Waals surface area (Å²) < 4.78 is 9.74. The first-order chi connectivity index (χ1) is 12.0. The van der Waals surface area contributed by atoms with Crippen LogP contribution in [-0.4, -0.2) is 18.5 Å². The predicted octanol–water partition coefficient (Wildman–Crippen LogP) is 2.45. The molecule has 0 unspecified atom stereocenters. The van der Waals surface area contributed by atoms with Crippen LogP contribution in [0.25, 0.3) is 28.3 Å². The van der Waals surface area contributed by atoms with Crippen molar-refractivity contribution in [3.8, 4) is 11.3 Å². The van der Waals surface area contributed by atoms with E-state index in [0.29, 0.717) is 10.8 Å². The molecule has 0 atom stereocenters. The Morgan fingerprint density at radius 1 is 1.28 bits per heavy atom. The van der Waals surface area contributed by atoms with Gasteiger partial charge in [0.15, 0.2) is 16.9 Å². The van der Waals surface area contributed by atoms with Crippen LogP contribution in [0.3, 0.4) is 0 Å². The predicted molar refractivity (Wildman–Crippen MR) is 95.1 cm³/mol. The van der Waals surface area contributed by atoms with Gasteiger partial charge in [0, 0.05) is 24.2 Å². The van der Waals surface area contributed by atoms with Gasteiger partial charge in [0.2, 0.25) is 0 Å². The average molecular weight is 357 g/mol. The van der Waals surface area contributed by atoms with Crippen molar-refractivity contribution in [1.82, 2.24) is 18.5 Å². The first-order valence-electron chi connectivity index (χ1n) is 7.49. The number of hydrogen-bond acceptors (Lipinski definition) is 4.